The fourth-order valence-electron chi connectivity index (χ4n) is 2.05. The van der Waals surface area contributed by atoms with Gasteiger partial charge in [0.2, 0.25) is 0 Å². The number of fused-ring (bicyclic) bond motifs is 1. The Kier molecular flexibility index (Phi) is 3.05. The van der Waals surface area contributed by atoms with Gasteiger partial charge < -0.3 is 19.4 Å². The molecule has 0 fully saturated rings. The second kappa shape index (κ2) is 4.89. The van der Waals surface area contributed by atoms with Crippen LogP contribution < -0.4 is 5.32 Å². The lowest BCUT2D eigenvalue weighted by Gasteiger charge is -2.10. The molecule has 0 saturated carbocycles. The van der Waals surface area contributed by atoms with E-state index in [1.54, 1.807) is 17.0 Å². The van der Waals surface area contributed by atoms with Crippen molar-refractivity contribution in [2.24, 2.45) is 7.05 Å². The molecule has 1 aromatic carbocycles. The maximum absolute atomic E-state index is 10.9. The van der Waals surface area contributed by atoms with Crippen molar-refractivity contribution >= 4 is 23.1 Å². The molecule has 8 heteroatoms. The molecule has 3 rings (SSSR count). The van der Waals surface area contributed by atoms with E-state index in [1.165, 1.54) is 12.1 Å². The Hall–Kier alpha value is -2.90. The Bertz CT molecular complexity index is 807. The molecule has 0 radical (unpaired) electrons. The molecule has 0 bridgehead atoms. The zero-order valence-corrected chi connectivity index (χ0v) is 11.4. The third kappa shape index (κ3) is 2.42. The van der Waals surface area contributed by atoms with Crippen LogP contribution in [0, 0.1) is 0 Å². The number of carboxylic acids is 1. The Morgan fingerprint density at radius 1 is 1.48 bits per heavy atom. The molecule has 2 N–H and O–H groups in total. The molecule has 2 aromatic heterocycles. The number of hydrogen-bond acceptors (Lipinski definition) is 6. The van der Waals surface area contributed by atoms with E-state index in [9.17, 15) is 4.79 Å². The SMILES string of the molecule is CC(Nc1nc2ccc(C(=O)O)cc2o1)c1nncn1C. The molecule has 0 spiro atoms. The summed E-state index contributed by atoms with van der Waals surface area (Å²) < 4.78 is 7.32. The van der Waals surface area contributed by atoms with Gasteiger partial charge in [-0.1, -0.05) is 0 Å². The van der Waals surface area contributed by atoms with E-state index in [4.69, 9.17) is 9.52 Å². The summed E-state index contributed by atoms with van der Waals surface area (Å²) in [5.74, 6) is -0.265. The largest absolute Gasteiger partial charge is 0.478 e. The maximum Gasteiger partial charge on any atom is 0.335 e. The van der Waals surface area contributed by atoms with Crippen molar-refractivity contribution in [3.05, 3.63) is 35.9 Å². The topological polar surface area (TPSA) is 106 Å². The number of oxazole rings is 1. The molecular formula is C13H13N5O3. The summed E-state index contributed by atoms with van der Waals surface area (Å²) in [4.78, 5) is 15.2. The molecule has 108 valence electrons. The summed E-state index contributed by atoms with van der Waals surface area (Å²) in [5.41, 5.74) is 1.17. The van der Waals surface area contributed by atoms with Gasteiger partial charge in [-0.25, -0.2) is 4.79 Å². The lowest BCUT2D eigenvalue weighted by Crippen LogP contribution is -2.11. The molecular weight excluding hydrogens is 274 g/mol. The number of anilines is 1. The van der Waals surface area contributed by atoms with E-state index < -0.39 is 5.97 Å². The quantitative estimate of drug-likeness (QED) is 0.753. The molecule has 2 heterocycles. The Morgan fingerprint density at radius 3 is 2.95 bits per heavy atom. The highest BCUT2D eigenvalue weighted by Crippen LogP contribution is 2.23. The van der Waals surface area contributed by atoms with Crippen LogP contribution in [-0.4, -0.2) is 30.8 Å². The number of aromatic carboxylic acids is 1. The lowest BCUT2D eigenvalue weighted by molar-refractivity contribution is 0.0697. The first kappa shape index (κ1) is 13.1. The van der Waals surface area contributed by atoms with Crippen LogP contribution in [0.15, 0.2) is 28.9 Å². The molecule has 0 saturated heterocycles. The van der Waals surface area contributed by atoms with Crippen molar-refractivity contribution < 1.29 is 14.3 Å². The second-order valence-corrected chi connectivity index (χ2v) is 4.67. The first-order valence-electron chi connectivity index (χ1n) is 6.29. The summed E-state index contributed by atoms with van der Waals surface area (Å²) >= 11 is 0. The van der Waals surface area contributed by atoms with Crippen LogP contribution in [0.4, 0.5) is 6.01 Å². The predicted octanol–water partition coefficient (Wildman–Crippen LogP) is 1.83. The van der Waals surface area contributed by atoms with Crippen molar-refractivity contribution in [1.29, 1.82) is 0 Å². The average molecular weight is 287 g/mol. The lowest BCUT2D eigenvalue weighted by atomic mass is 10.2. The molecule has 0 aliphatic carbocycles. The van der Waals surface area contributed by atoms with Gasteiger partial charge in [0, 0.05) is 7.05 Å². The van der Waals surface area contributed by atoms with Crippen LogP contribution in [0.2, 0.25) is 0 Å². The minimum absolute atomic E-state index is 0.149. The highest BCUT2D eigenvalue weighted by molar-refractivity contribution is 5.92. The third-order valence-corrected chi connectivity index (χ3v) is 3.11. The first-order chi connectivity index (χ1) is 10.0. The van der Waals surface area contributed by atoms with Gasteiger partial charge in [-0.15, -0.1) is 10.2 Å². The van der Waals surface area contributed by atoms with Gasteiger partial charge in [0.15, 0.2) is 11.4 Å². The minimum Gasteiger partial charge on any atom is -0.478 e. The molecule has 21 heavy (non-hydrogen) atoms. The second-order valence-electron chi connectivity index (χ2n) is 4.67. The van der Waals surface area contributed by atoms with Crippen molar-refractivity contribution in [1.82, 2.24) is 19.7 Å². The van der Waals surface area contributed by atoms with Gasteiger partial charge in [-0.3, -0.25) is 0 Å². The van der Waals surface area contributed by atoms with E-state index in [0.29, 0.717) is 17.1 Å². The number of nitrogens with one attached hydrogen (secondary N) is 1. The fourth-order valence-corrected chi connectivity index (χ4v) is 2.05. The number of aromatic nitrogens is 4. The normalized spacial score (nSPS) is 12.5. The number of carboxylic acid groups (broad SMARTS) is 1. The van der Waals surface area contributed by atoms with Crippen molar-refractivity contribution in [3.63, 3.8) is 0 Å². The fraction of sp³-hybridized carbons (Fsp3) is 0.231. The van der Waals surface area contributed by atoms with E-state index >= 15 is 0 Å². The Labute approximate surface area is 119 Å². The summed E-state index contributed by atoms with van der Waals surface area (Å²) in [6, 6.07) is 4.71. The highest BCUT2D eigenvalue weighted by atomic mass is 16.4. The number of rotatable bonds is 4. The first-order valence-corrected chi connectivity index (χ1v) is 6.29. The molecule has 1 atom stereocenters. The van der Waals surface area contributed by atoms with Gasteiger partial charge in [-0.2, -0.15) is 4.98 Å². The minimum atomic E-state index is -1.00. The smallest absolute Gasteiger partial charge is 0.335 e. The predicted molar refractivity (Wildman–Crippen MR) is 74.0 cm³/mol. The molecule has 1 unspecified atom stereocenters. The number of nitrogens with zero attached hydrogens (tertiary/aromatic N) is 4. The Balaban J connectivity index is 1.88. The van der Waals surface area contributed by atoms with E-state index in [0.717, 1.165) is 5.82 Å². The highest BCUT2D eigenvalue weighted by Gasteiger charge is 2.15. The van der Waals surface area contributed by atoms with E-state index in [-0.39, 0.29) is 11.6 Å². The van der Waals surface area contributed by atoms with Gasteiger partial charge in [0.1, 0.15) is 11.8 Å². The zero-order valence-electron chi connectivity index (χ0n) is 11.4. The van der Waals surface area contributed by atoms with Crippen molar-refractivity contribution in [2.45, 2.75) is 13.0 Å². The number of benzene rings is 1. The van der Waals surface area contributed by atoms with Crippen LogP contribution in [0.3, 0.4) is 0 Å². The monoisotopic (exact) mass is 287 g/mol. The molecule has 8 nitrogen and oxygen atoms in total. The van der Waals surface area contributed by atoms with Crippen LogP contribution in [0.5, 0.6) is 0 Å². The van der Waals surface area contributed by atoms with Crippen molar-refractivity contribution in [2.75, 3.05) is 5.32 Å². The van der Waals surface area contributed by atoms with Crippen LogP contribution >= 0.6 is 0 Å². The van der Waals surface area contributed by atoms with Crippen molar-refractivity contribution in [3.8, 4) is 0 Å². The molecule has 3 aromatic rings. The number of carbonyl (C=O) groups is 1. The summed E-state index contributed by atoms with van der Waals surface area (Å²) in [5, 5.41) is 19.9. The van der Waals surface area contributed by atoms with Gasteiger partial charge in [-0.05, 0) is 25.1 Å². The van der Waals surface area contributed by atoms with Gasteiger partial charge in [0.25, 0.3) is 6.01 Å². The van der Waals surface area contributed by atoms with Crippen LogP contribution in [-0.2, 0) is 7.05 Å². The van der Waals surface area contributed by atoms with E-state index in [1.807, 2.05) is 14.0 Å². The zero-order chi connectivity index (χ0) is 15.0. The molecule has 0 aliphatic rings. The maximum atomic E-state index is 10.9. The molecule has 0 amide bonds. The van der Waals surface area contributed by atoms with Gasteiger partial charge in [0.05, 0.1) is 11.6 Å². The van der Waals surface area contributed by atoms with Gasteiger partial charge >= 0.3 is 5.97 Å². The average Bonchev–Trinajstić information content (AvgIpc) is 3.02. The number of aryl methyl sites for hydroxylation is 1. The van der Waals surface area contributed by atoms with E-state index in [2.05, 4.69) is 20.5 Å². The van der Waals surface area contributed by atoms with Crippen LogP contribution in [0.25, 0.3) is 11.1 Å². The summed E-state index contributed by atoms with van der Waals surface area (Å²) in [7, 11) is 1.85. The summed E-state index contributed by atoms with van der Waals surface area (Å²) in [6.45, 7) is 1.90. The van der Waals surface area contributed by atoms with Crippen LogP contribution in [0.1, 0.15) is 29.1 Å². The summed E-state index contributed by atoms with van der Waals surface area (Å²) in [6.07, 6.45) is 1.61. The Morgan fingerprint density at radius 2 is 2.29 bits per heavy atom. The number of hydrogen-bond donors (Lipinski definition) is 2. The standard InChI is InChI=1S/C13H13N5O3/c1-7(11-17-14-6-18(11)2)15-13-16-9-4-3-8(12(19)20)5-10(9)21-13/h3-7H,1-2H3,(H,15,16)(H,19,20). The molecule has 0 aliphatic heterocycles. The third-order valence-electron chi connectivity index (χ3n) is 3.11.